The molecule has 2 N–H and O–H groups in total. The van der Waals surface area contributed by atoms with E-state index in [1.807, 2.05) is 12.1 Å². The van der Waals surface area contributed by atoms with Gasteiger partial charge in [-0.3, -0.25) is 6.08 Å². The summed E-state index contributed by atoms with van der Waals surface area (Å²) in [7, 11) is 0. The first-order valence-corrected chi connectivity index (χ1v) is 14.9. The number of fused-ring (bicyclic) bond motifs is 3. The number of aromatic hydroxyl groups is 2. The fraction of sp³-hybridized carbons (Fsp3) is 0.194. The normalized spacial score (nSPS) is 12.3. The summed E-state index contributed by atoms with van der Waals surface area (Å²) in [5.74, 6) is -0.337. The number of hydrogen-bond donors (Lipinski definition) is 2. The van der Waals surface area contributed by atoms with Crippen LogP contribution in [-0.4, -0.2) is 13.4 Å². The van der Waals surface area contributed by atoms with E-state index >= 15 is 0 Å². The number of phenols is 2. The molecule has 4 aromatic carbocycles. The van der Waals surface area contributed by atoms with Gasteiger partial charge in [0.15, 0.2) is 0 Å². The predicted octanol–water partition coefficient (Wildman–Crippen LogP) is 10.3. The molecule has 0 spiro atoms. The molecule has 0 bridgehead atoms. The smallest absolute Gasteiger partial charge is 0.416 e. The number of benzene rings is 4. The van der Waals surface area contributed by atoms with Gasteiger partial charge in [0.1, 0.15) is 11.5 Å². The van der Waals surface area contributed by atoms with Gasteiger partial charge in [-0.15, -0.1) is 18.9 Å². The van der Waals surface area contributed by atoms with Crippen molar-refractivity contribution in [2.24, 2.45) is 0 Å². The number of phenolic OH excluding ortho intramolecular Hbond substituents is 2. The summed E-state index contributed by atoms with van der Waals surface area (Å²) in [5, 5.41) is 17.3. The molecule has 2 aliphatic carbocycles. The Morgan fingerprint density at radius 3 is 1.58 bits per heavy atom. The molecular weight excluding hydrogens is 670 g/mol. The van der Waals surface area contributed by atoms with Crippen LogP contribution in [0.3, 0.4) is 0 Å². The van der Waals surface area contributed by atoms with Crippen molar-refractivity contribution in [2.75, 3.05) is 0 Å². The van der Waals surface area contributed by atoms with Gasteiger partial charge in [-0.25, -0.2) is 11.6 Å². The van der Waals surface area contributed by atoms with E-state index in [2.05, 4.69) is 75.4 Å². The fourth-order valence-corrected chi connectivity index (χ4v) is 3.80. The third kappa shape index (κ3) is 13.9. The van der Waals surface area contributed by atoms with Crippen molar-refractivity contribution in [1.82, 2.24) is 0 Å². The summed E-state index contributed by atoms with van der Waals surface area (Å²) in [4.78, 5) is 0. The Morgan fingerprint density at radius 1 is 0.711 bits per heavy atom. The number of hydrogen-bond acceptors (Lipinski definition) is 2. The van der Waals surface area contributed by atoms with Crippen LogP contribution in [0, 0.1) is 12.1 Å². The Labute approximate surface area is 274 Å². The summed E-state index contributed by atoms with van der Waals surface area (Å²) in [5.41, 5.74) is 5.34. The molecule has 9 heteroatoms. The maximum atomic E-state index is 11.8. The zero-order valence-electron chi connectivity index (χ0n) is 24.9. The van der Waals surface area contributed by atoms with Crippen LogP contribution < -0.4 is 0 Å². The molecule has 0 saturated heterocycles. The van der Waals surface area contributed by atoms with E-state index in [1.54, 1.807) is 24.2 Å². The van der Waals surface area contributed by atoms with Gasteiger partial charge in [0, 0.05) is 0 Å². The summed E-state index contributed by atoms with van der Waals surface area (Å²) in [6.07, 6.45) is 0.637. The Hall–Kier alpha value is -3.71. The molecule has 0 fully saturated rings. The van der Waals surface area contributed by atoms with Gasteiger partial charge >= 0.3 is 53.6 Å². The van der Waals surface area contributed by atoms with Crippen LogP contribution in [0.2, 0.25) is 0 Å². The molecular formula is C36H32F6O2Zr. The van der Waals surface area contributed by atoms with Crippen LogP contribution in [0.5, 0.6) is 11.5 Å². The maximum absolute atomic E-state index is 11.8. The molecule has 0 aliphatic heterocycles. The minimum atomic E-state index is -4.33. The molecule has 0 unspecified atom stereocenters. The number of alkyl halides is 6. The average Bonchev–Trinajstić information content (AvgIpc) is 3.60. The van der Waals surface area contributed by atoms with Crippen LogP contribution >= 0.6 is 0 Å². The van der Waals surface area contributed by atoms with Crippen LogP contribution in [0.25, 0.3) is 11.1 Å². The average molecular weight is 702 g/mol. The van der Waals surface area contributed by atoms with Gasteiger partial charge in [0.2, 0.25) is 0 Å². The Bertz CT molecular complexity index is 1460. The van der Waals surface area contributed by atoms with Gasteiger partial charge in [-0.05, 0) is 55.0 Å². The molecule has 0 heterocycles. The fourth-order valence-electron chi connectivity index (χ4n) is 3.80. The second-order valence-corrected chi connectivity index (χ2v) is 12.4. The Morgan fingerprint density at radius 2 is 1.18 bits per heavy atom. The van der Waals surface area contributed by atoms with Gasteiger partial charge in [0.25, 0.3) is 0 Å². The zero-order valence-corrected chi connectivity index (χ0v) is 27.3. The summed E-state index contributed by atoms with van der Waals surface area (Å²) >= 11 is 1.55. The second kappa shape index (κ2) is 17.7. The molecule has 0 saturated carbocycles. The minimum Gasteiger partial charge on any atom is -0.508 e. The van der Waals surface area contributed by atoms with Gasteiger partial charge in [-0.1, -0.05) is 35.4 Å². The van der Waals surface area contributed by atoms with Crippen molar-refractivity contribution in [3.05, 3.63) is 143 Å². The van der Waals surface area contributed by atoms with Crippen LogP contribution in [0.4, 0.5) is 26.3 Å². The van der Waals surface area contributed by atoms with Crippen molar-refractivity contribution < 1.29 is 60.8 Å². The third-order valence-corrected chi connectivity index (χ3v) is 5.88. The molecule has 0 radical (unpaired) electrons. The van der Waals surface area contributed by atoms with E-state index < -0.39 is 23.5 Å². The van der Waals surface area contributed by atoms with E-state index in [9.17, 15) is 26.3 Å². The topological polar surface area (TPSA) is 40.5 Å². The van der Waals surface area contributed by atoms with Crippen LogP contribution in [0.15, 0.2) is 109 Å². The minimum absolute atomic E-state index is 0.169. The van der Waals surface area contributed by atoms with Crippen molar-refractivity contribution in [3.8, 4) is 22.6 Å². The molecule has 0 aromatic heterocycles. The van der Waals surface area contributed by atoms with Crippen molar-refractivity contribution in [3.63, 3.8) is 0 Å². The van der Waals surface area contributed by atoms with E-state index in [0.29, 0.717) is 0 Å². The van der Waals surface area contributed by atoms with Crippen molar-refractivity contribution in [1.29, 1.82) is 0 Å². The Kier molecular flexibility index (Phi) is 14.7. The summed E-state index contributed by atoms with van der Waals surface area (Å²) < 4.78 is 72.5. The third-order valence-electron chi connectivity index (χ3n) is 5.88. The predicted molar refractivity (Wildman–Crippen MR) is 162 cm³/mol. The van der Waals surface area contributed by atoms with Gasteiger partial charge in [-0.2, -0.15) is 62.2 Å². The molecule has 2 aliphatic rings. The molecule has 6 rings (SSSR count). The number of rotatable bonds is 0. The van der Waals surface area contributed by atoms with Gasteiger partial charge < -0.3 is 10.2 Å². The number of halogens is 6. The van der Waals surface area contributed by atoms with E-state index in [1.165, 1.54) is 31.0 Å². The second-order valence-electron chi connectivity index (χ2n) is 9.99. The first-order valence-electron chi connectivity index (χ1n) is 13.6. The monoisotopic (exact) mass is 700 g/mol. The first kappa shape index (κ1) is 37.5. The van der Waals surface area contributed by atoms with E-state index in [0.717, 1.165) is 61.4 Å². The summed E-state index contributed by atoms with van der Waals surface area (Å²) in [6, 6.07) is 25.4. The molecule has 0 amide bonds. The van der Waals surface area contributed by atoms with E-state index in [-0.39, 0.29) is 11.5 Å². The molecule has 4 aromatic rings. The van der Waals surface area contributed by atoms with E-state index in [4.69, 9.17) is 10.2 Å². The number of allylic oxidation sites excluding steroid dienone is 4. The maximum Gasteiger partial charge on any atom is 0.416 e. The van der Waals surface area contributed by atoms with Crippen LogP contribution in [0.1, 0.15) is 49.4 Å². The van der Waals surface area contributed by atoms with Crippen molar-refractivity contribution >= 4 is 3.21 Å². The van der Waals surface area contributed by atoms with Crippen LogP contribution in [-0.2, 0) is 43.0 Å². The Balaban J connectivity index is 0.000000206. The standard InChI is InChI=1S/C13H9.2C7H5F3O.C6H7.C3H6.Zr/c1-3-7-12-10(5-1)9-11-6-2-4-8-13(11)12;2*8-7(9,10)5-1-3-6(11)4-2-5;1-6-4-2-3-5-6;1-3-2;/h1-5,7-8H,9H2;2*1-4,11H;4-5H,2H2,1H3;1-2H3;/q-1;;;-1;;+2. The SMILES string of the molecule is CC1=CC[C-]=C1.C[C](C)=[Zr+2].Oc1ccc(C(F)(F)F)cc1.Oc1ccc(C(F)(F)F)cc1.[c-]1cccc2c1Cc1ccccc1-2. The van der Waals surface area contributed by atoms with Gasteiger partial charge in [0.05, 0.1) is 11.1 Å². The van der Waals surface area contributed by atoms with Crippen molar-refractivity contribution in [2.45, 2.75) is 46.0 Å². The first-order chi connectivity index (χ1) is 21.1. The molecule has 234 valence electrons. The quantitative estimate of drug-likeness (QED) is 0.125. The molecule has 0 atom stereocenters. The molecule has 45 heavy (non-hydrogen) atoms. The zero-order chi connectivity index (χ0) is 33.6. The molecule has 2 nitrogen and oxygen atoms in total. The summed E-state index contributed by atoms with van der Waals surface area (Å²) in [6.45, 7) is 6.33. The largest absolute Gasteiger partial charge is 0.508 e.